The highest BCUT2D eigenvalue weighted by molar-refractivity contribution is 5.85. The van der Waals surface area contributed by atoms with Gasteiger partial charge in [-0.05, 0) is 43.5 Å². The van der Waals surface area contributed by atoms with E-state index in [1.807, 2.05) is 35.0 Å². The number of hydrogen-bond donors (Lipinski definition) is 1. The fourth-order valence-corrected chi connectivity index (χ4v) is 2.51. The molecular weight excluding hydrogens is 302 g/mol. The van der Waals surface area contributed by atoms with Gasteiger partial charge in [0.25, 0.3) is 5.89 Å². The van der Waals surface area contributed by atoms with Crippen LogP contribution in [0.1, 0.15) is 25.1 Å². The van der Waals surface area contributed by atoms with Crippen molar-refractivity contribution in [2.24, 2.45) is 5.73 Å². The van der Waals surface area contributed by atoms with Crippen LogP contribution in [0.4, 0.5) is 0 Å². The van der Waals surface area contributed by atoms with E-state index in [1.165, 1.54) is 0 Å². The van der Waals surface area contributed by atoms with Gasteiger partial charge in [0, 0.05) is 23.6 Å². The molecule has 7 heteroatoms. The minimum absolute atomic E-state index is 0. The number of benzene rings is 1. The van der Waals surface area contributed by atoms with E-state index < -0.39 is 5.54 Å². The summed E-state index contributed by atoms with van der Waals surface area (Å²) in [5, 5.41) is 4.03. The van der Waals surface area contributed by atoms with E-state index in [0.29, 0.717) is 11.7 Å². The van der Waals surface area contributed by atoms with Gasteiger partial charge in [0.2, 0.25) is 0 Å². The number of aromatic nitrogens is 4. The van der Waals surface area contributed by atoms with Gasteiger partial charge in [-0.2, -0.15) is 4.98 Å². The highest BCUT2D eigenvalue weighted by atomic mass is 35.5. The Bertz CT molecular complexity index is 747. The van der Waals surface area contributed by atoms with Gasteiger partial charge in [-0.3, -0.25) is 0 Å². The third kappa shape index (κ3) is 2.40. The van der Waals surface area contributed by atoms with Crippen molar-refractivity contribution >= 4 is 12.4 Å². The predicted molar refractivity (Wildman–Crippen MR) is 83.8 cm³/mol. The Balaban J connectivity index is 0.00000144. The molecule has 0 amide bonds. The summed E-state index contributed by atoms with van der Waals surface area (Å²) in [5.74, 6) is 1.13. The number of imidazole rings is 1. The number of halogens is 1. The van der Waals surface area contributed by atoms with Crippen molar-refractivity contribution in [3.05, 3.63) is 48.8 Å². The molecule has 3 aromatic rings. The minimum atomic E-state index is -0.390. The zero-order valence-electron chi connectivity index (χ0n) is 11.8. The second-order valence-electron chi connectivity index (χ2n) is 5.45. The topological polar surface area (TPSA) is 82.8 Å². The van der Waals surface area contributed by atoms with E-state index in [1.54, 1.807) is 12.5 Å². The van der Waals surface area contributed by atoms with Gasteiger partial charge in [0.05, 0.1) is 11.9 Å². The van der Waals surface area contributed by atoms with Crippen LogP contribution in [0.15, 0.2) is 47.5 Å². The maximum Gasteiger partial charge on any atom is 0.257 e. The molecule has 22 heavy (non-hydrogen) atoms. The van der Waals surface area contributed by atoms with Gasteiger partial charge in [-0.15, -0.1) is 12.4 Å². The van der Waals surface area contributed by atoms with Crippen molar-refractivity contribution in [2.45, 2.75) is 24.8 Å². The molecule has 114 valence electrons. The maximum absolute atomic E-state index is 6.21. The average Bonchev–Trinajstić information content (AvgIpc) is 3.16. The van der Waals surface area contributed by atoms with Crippen molar-refractivity contribution < 1.29 is 4.52 Å². The standard InChI is InChI=1S/C15H15N5O.ClH/c16-15(6-1-7-15)14-18-13(21-19-14)11-2-4-12(5-3-11)20-9-8-17-10-20;/h2-5,8-10H,1,6-7,16H2;1H. The second-order valence-corrected chi connectivity index (χ2v) is 5.45. The molecule has 2 aromatic heterocycles. The lowest BCUT2D eigenvalue weighted by Crippen LogP contribution is -2.44. The summed E-state index contributed by atoms with van der Waals surface area (Å²) in [6, 6.07) is 7.89. The van der Waals surface area contributed by atoms with Crippen molar-refractivity contribution in [1.82, 2.24) is 19.7 Å². The maximum atomic E-state index is 6.21. The molecule has 0 saturated heterocycles. The Kier molecular flexibility index (Phi) is 3.72. The van der Waals surface area contributed by atoms with Crippen LogP contribution in [0.25, 0.3) is 17.1 Å². The van der Waals surface area contributed by atoms with Gasteiger partial charge >= 0.3 is 0 Å². The number of rotatable bonds is 3. The summed E-state index contributed by atoms with van der Waals surface area (Å²) in [7, 11) is 0. The van der Waals surface area contributed by atoms with E-state index in [2.05, 4.69) is 15.1 Å². The lowest BCUT2D eigenvalue weighted by molar-refractivity contribution is 0.229. The van der Waals surface area contributed by atoms with Gasteiger partial charge in [0.15, 0.2) is 5.82 Å². The average molecular weight is 318 g/mol. The van der Waals surface area contributed by atoms with E-state index >= 15 is 0 Å². The van der Waals surface area contributed by atoms with Gasteiger partial charge in [-0.1, -0.05) is 5.16 Å². The zero-order valence-corrected chi connectivity index (χ0v) is 12.7. The minimum Gasteiger partial charge on any atom is -0.334 e. The highest BCUT2D eigenvalue weighted by Crippen LogP contribution is 2.37. The van der Waals surface area contributed by atoms with E-state index in [9.17, 15) is 0 Å². The Morgan fingerprint density at radius 3 is 2.55 bits per heavy atom. The smallest absolute Gasteiger partial charge is 0.257 e. The van der Waals surface area contributed by atoms with Gasteiger partial charge in [0.1, 0.15) is 0 Å². The summed E-state index contributed by atoms with van der Waals surface area (Å²) >= 11 is 0. The molecule has 0 unspecified atom stereocenters. The lowest BCUT2D eigenvalue weighted by Gasteiger charge is -2.34. The molecule has 0 spiro atoms. The summed E-state index contributed by atoms with van der Waals surface area (Å²) in [4.78, 5) is 8.48. The molecule has 2 heterocycles. The van der Waals surface area contributed by atoms with Crippen LogP contribution in [-0.2, 0) is 5.54 Å². The number of hydrogen-bond acceptors (Lipinski definition) is 5. The quantitative estimate of drug-likeness (QED) is 0.803. The molecular formula is C15H16ClN5O. The Hall–Kier alpha value is -2.18. The van der Waals surface area contributed by atoms with Crippen LogP contribution in [0.5, 0.6) is 0 Å². The largest absolute Gasteiger partial charge is 0.334 e. The number of nitrogens with two attached hydrogens (primary N) is 1. The van der Waals surface area contributed by atoms with Crippen molar-refractivity contribution in [1.29, 1.82) is 0 Å². The molecule has 1 aliphatic carbocycles. The van der Waals surface area contributed by atoms with Crippen LogP contribution >= 0.6 is 12.4 Å². The Morgan fingerprint density at radius 2 is 1.95 bits per heavy atom. The molecule has 1 aromatic carbocycles. The molecule has 4 rings (SSSR count). The molecule has 0 radical (unpaired) electrons. The second kappa shape index (κ2) is 5.55. The summed E-state index contributed by atoms with van der Waals surface area (Å²) < 4.78 is 7.28. The van der Waals surface area contributed by atoms with E-state index in [-0.39, 0.29) is 12.4 Å². The summed E-state index contributed by atoms with van der Waals surface area (Å²) in [6.45, 7) is 0. The first-order chi connectivity index (χ1) is 10.2. The summed E-state index contributed by atoms with van der Waals surface area (Å²) in [6.07, 6.45) is 8.37. The Morgan fingerprint density at radius 1 is 1.18 bits per heavy atom. The fraction of sp³-hybridized carbons (Fsp3) is 0.267. The molecule has 2 N–H and O–H groups in total. The van der Waals surface area contributed by atoms with Crippen LogP contribution in [0.2, 0.25) is 0 Å². The third-order valence-electron chi connectivity index (χ3n) is 4.03. The van der Waals surface area contributed by atoms with Crippen molar-refractivity contribution in [3.63, 3.8) is 0 Å². The van der Waals surface area contributed by atoms with Crippen LogP contribution < -0.4 is 5.73 Å². The SMILES string of the molecule is Cl.NC1(c2noc(-c3ccc(-n4ccnc4)cc3)n2)CCC1. The first-order valence-electron chi connectivity index (χ1n) is 6.96. The summed E-state index contributed by atoms with van der Waals surface area (Å²) in [5.41, 5.74) is 7.74. The van der Waals surface area contributed by atoms with Crippen molar-refractivity contribution in [3.8, 4) is 17.1 Å². The normalized spacial score (nSPS) is 15.9. The predicted octanol–water partition coefficient (Wildman–Crippen LogP) is 2.68. The fourth-order valence-electron chi connectivity index (χ4n) is 2.51. The molecule has 1 fully saturated rings. The van der Waals surface area contributed by atoms with Crippen LogP contribution in [0.3, 0.4) is 0 Å². The first-order valence-corrected chi connectivity index (χ1v) is 6.96. The van der Waals surface area contributed by atoms with Crippen LogP contribution in [0, 0.1) is 0 Å². The Labute approximate surface area is 133 Å². The monoisotopic (exact) mass is 317 g/mol. The molecule has 1 aliphatic rings. The third-order valence-corrected chi connectivity index (χ3v) is 4.03. The first kappa shape index (κ1) is 14.7. The van der Waals surface area contributed by atoms with E-state index in [4.69, 9.17) is 10.3 Å². The van der Waals surface area contributed by atoms with Gasteiger partial charge < -0.3 is 14.8 Å². The highest BCUT2D eigenvalue weighted by Gasteiger charge is 2.39. The van der Waals surface area contributed by atoms with Crippen LogP contribution in [-0.4, -0.2) is 19.7 Å². The van der Waals surface area contributed by atoms with Crippen molar-refractivity contribution in [2.75, 3.05) is 0 Å². The van der Waals surface area contributed by atoms with Gasteiger partial charge in [-0.25, -0.2) is 4.98 Å². The zero-order chi connectivity index (χ0) is 14.3. The molecule has 0 atom stereocenters. The molecule has 0 bridgehead atoms. The molecule has 6 nitrogen and oxygen atoms in total. The number of nitrogens with zero attached hydrogens (tertiary/aromatic N) is 4. The molecule has 0 aliphatic heterocycles. The van der Waals surface area contributed by atoms with E-state index in [0.717, 1.165) is 30.5 Å². The lowest BCUT2D eigenvalue weighted by atomic mass is 9.77. The molecule has 1 saturated carbocycles.